The van der Waals surface area contributed by atoms with E-state index in [0.29, 0.717) is 10.8 Å². The molecule has 0 bridgehead atoms. The van der Waals surface area contributed by atoms with E-state index in [1.807, 2.05) is 0 Å². The van der Waals surface area contributed by atoms with Gasteiger partial charge in [-0.05, 0) is 61.3 Å². The van der Waals surface area contributed by atoms with Crippen molar-refractivity contribution in [2.45, 2.75) is 80.1 Å². The van der Waals surface area contributed by atoms with Crippen molar-refractivity contribution in [2.24, 2.45) is 22.7 Å². The molecule has 0 aromatic rings. The van der Waals surface area contributed by atoms with Gasteiger partial charge in [0.05, 0.1) is 0 Å². The molecule has 0 saturated heterocycles. The Hall–Kier alpha value is -0.0400. The van der Waals surface area contributed by atoms with E-state index in [4.69, 9.17) is 0 Å². The van der Waals surface area contributed by atoms with Crippen LogP contribution in [0.2, 0.25) is 0 Å². The highest BCUT2D eigenvalue weighted by Gasteiger charge is 2.38. The number of hydrogen-bond acceptors (Lipinski definition) is 1. The van der Waals surface area contributed by atoms with Crippen LogP contribution in [0.3, 0.4) is 0 Å². The number of hydrogen-bond donors (Lipinski definition) is 1. The third kappa shape index (κ3) is 5.45. The maximum absolute atomic E-state index is 3.64. The summed E-state index contributed by atoms with van der Waals surface area (Å²) in [5.74, 6) is 1.78. The second kappa shape index (κ2) is 7.11. The highest BCUT2D eigenvalue weighted by Crippen LogP contribution is 2.47. The number of rotatable bonds is 6. The van der Waals surface area contributed by atoms with E-state index in [1.54, 1.807) is 0 Å². The molecule has 114 valence electrons. The van der Waals surface area contributed by atoms with Crippen LogP contribution in [-0.2, 0) is 0 Å². The first-order chi connectivity index (χ1) is 8.79. The zero-order valence-electron chi connectivity index (χ0n) is 14.3. The molecule has 1 heteroatoms. The molecule has 1 fully saturated rings. The second-order valence-electron chi connectivity index (χ2n) is 8.35. The maximum atomic E-state index is 3.64. The van der Waals surface area contributed by atoms with Gasteiger partial charge >= 0.3 is 0 Å². The average Bonchev–Trinajstić information content (AvgIpc) is 2.34. The summed E-state index contributed by atoms with van der Waals surface area (Å²) in [6.45, 7) is 16.6. The predicted molar refractivity (Wildman–Crippen MR) is 86.5 cm³/mol. The van der Waals surface area contributed by atoms with Gasteiger partial charge < -0.3 is 5.32 Å². The molecular weight excluding hydrogens is 230 g/mol. The molecule has 1 aliphatic rings. The Morgan fingerprint density at radius 2 is 1.74 bits per heavy atom. The van der Waals surface area contributed by atoms with E-state index in [2.05, 4.69) is 46.9 Å². The molecule has 1 saturated carbocycles. The summed E-state index contributed by atoms with van der Waals surface area (Å²) >= 11 is 0. The van der Waals surface area contributed by atoms with Gasteiger partial charge in [0.1, 0.15) is 0 Å². The molecule has 0 spiro atoms. The van der Waals surface area contributed by atoms with Gasteiger partial charge in [0.25, 0.3) is 0 Å². The largest absolute Gasteiger partial charge is 0.316 e. The SMILES string of the molecule is CCNCC1(CCC(C)C)CCC(C(C)(C)C)CC1. The van der Waals surface area contributed by atoms with Crippen molar-refractivity contribution in [2.75, 3.05) is 13.1 Å². The topological polar surface area (TPSA) is 12.0 Å². The van der Waals surface area contributed by atoms with Crippen LogP contribution in [0.5, 0.6) is 0 Å². The summed E-state index contributed by atoms with van der Waals surface area (Å²) in [5.41, 5.74) is 1.10. The molecule has 0 aliphatic heterocycles. The van der Waals surface area contributed by atoms with Crippen molar-refractivity contribution < 1.29 is 0 Å². The molecule has 19 heavy (non-hydrogen) atoms. The van der Waals surface area contributed by atoms with Crippen molar-refractivity contribution in [3.63, 3.8) is 0 Å². The molecule has 0 heterocycles. The monoisotopic (exact) mass is 267 g/mol. The van der Waals surface area contributed by atoms with Crippen LogP contribution in [-0.4, -0.2) is 13.1 Å². The van der Waals surface area contributed by atoms with Gasteiger partial charge in [0.2, 0.25) is 0 Å². The molecule has 1 N–H and O–H groups in total. The zero-order valence-corrected chi connectivity index (χ0v) is 14.3. The average molecular weight is 268 g/mol. The standard InChI is InChI=1S/C18H37N/c1-7-19-14-18(11-8-15(2)3)12-9-16(10-13-18)17(4,5)6/h15-16,19H,7-14H2,1-6H3. The van der Waals surface area contributed by atoms with Crippen LogP contribution in [0.15, 0.2) is 0 Å². The minimum atomic E-state index is 0.502. The molecule has 1 nitrogen and oxygen atoms in total. The van der Waals surface area contributed by atoms with Gasteiger partial charge in [0, 0.05) is 6.54 Å². The first kappa shape index (κ1) is 17.0. The predicted octanol–water partition coefficient (Wildman–Crippen LogP) is 5.25. The van der Waals surface area contributed by atoms with Gasteiger partial charge in [-0.2, -0.15) is 0 Å². The molecule has 0 amide bonds. The summed E-state index contributed by atoms with van der Waals surface area (Å²) in [4.78, 5) is 0. The second-order valence-corrected chi connectivity index (χ2v) is 8.35. The summed E-state index contributed by atoms with van der Waals surface area (Å²) < 4.78 is 0. The van der Waals surface area contributed by atoms with Crippen LogP contribution in [0.25, 0.3) is 0 Å². The molecule has 1 aliphatic carbocycles. The fourth-order valence-corrected chi connectivity index (χ4v) is 3.60. The van der Waals surface area contributed by atoms with Crippen LogP contribution >= 0.6 is 0 Å². The minimum Gasteiger partial charge on any atom is -0.316 e. The lowest BCUT2D eigenvalue weighted by Gasteiger charge is -2.45. The first-order valence-corrected chi connectivity index (χ1v) is 8.50. The van der Waals surface area contributed by atoms with Crippen LogP contribution in [0.1, 0.15) is 80.1 Å². The molecule has 0 unspecified atom stereocenters. The van der Waals surface area contributed by atoms with Gasteiger partial charge in [-0.25, -0.2) is 0 Å². The Morgan fingerprint density at radius 1 is 1.16 bits per heavy atom. The summed E-state index contributed by atoms with van der Waals surface area (Å²) in [7, 11) is 0. The zero-order chi connectivity index (χ0) is 14.5. The quantitative estimate of drug-likeness (QED) is 0.692. The van der Waals surface area contributed by atoms with E-state index < -0.39 is 0 Å². The highest BCUT2D eigenvalue weighted by molar-refractivity contribution is 4.90. The Balaban J connectivity index is 2.58. The van der Waals surface area contributed by atoms with Crippen LogP contribution in [0.4, 0.5) is 0 Å². The molecule has 1 rings (SSSR count). The molecule has 0 aromatic heterocycles. The van der Waals surface area contributed by atoms with E-state index in [1.165, 1.54) is 45.1 Å². The molecular formula is C18H37N. The third-order valence-electron chi connectivity index (χ3n) is 5.27. The fraction of sp³-hybridized carbons (Fsp3) is 1.00. The van der Waals surface area contributed by atoms with Crippen molar-refractivity contribution in [3.05, 3.63) is 0 Å². The Labute approximate surface area is 121 Å². The van der Waals surface area contributed by atoms with E-state index in [9.17, 15) is 0 Å². The Kier molecular flexibility index (Phi) is 6.36. The van der Waals surface area contributed by atoms with Gasteiger partial charge in [-0.1, -0.05) is 48.0 Å². The fourth-order valence-electron chi connectivity index (χ4n) is 3.60. The lowest BCUT2D eigenvalue weighted by molar-refractivity contribution is 0.0758. The summed E-state index contributed by atoms with van der Waals surface area (Å²) in [5, 5.41) is 3.64. The molecule has 0 atom stereocenters. The van der Waals surface area contributed by atoms with Gasteiger partial charge in [-0.15, -0.1) is 0 Å². The third-order valence-corrected chi connectivity index (χ3v) is 5.27. The minimum absolute atomic E-state index is 0.502. The summed E-state index contributed by atoms with van der Waals surface area (Å²) in [6, 6.07) is 0. The van der Waals surface area contributed by atoms with Gasteiger partial charge in [0.15, 0.2) is 0 Å². The summed E-state index contributed by atoms with van der Waals surface area (Å²) in [6.07, 6.45) is 8.57. The first-order valence-electron chi connectivity index (χ1n) is 8.50. The normalized spacial score (nSPS) is 28.9. The van der Waals surface area contributed by atoms with E-state index in [-0.39, 0.29) is 0 Å². The van der Waals surface area contributed by atoms with Crippen molar-refractivity contribution in [1.82, 2.24) is 5.32 Å². The lowest BCUT2D eigenvalue weighted by Crippen LogP contribution is -2.40. The van der Waals surface area contributed by atoms with Gasteiger partial charge in [-0.3, -0.25) is 0 Å². The van der Waals surface area contributed by atoms with E-state index in [0.717, 1.165) is 18.4 Å². The highest BCUT2D eigenvalue weighted by atomic mass is 14.9. The van der Waals surface area contributed by atoms with Crippen LogP contribution < -0.4 is 5.32 Å². The van der Waals surface area contributed by atoms with Crippen LogP contribution in [0, 0.1) is 22.7 Å². The van der Waals surface area contributed by atoms with E-state index >= 15 is 0 Å². The van der Waals surface area contributed by atoms with Crippen molar-refractivity contribution in [3.8, 4) is 0 Å². The smallest absolute Gasteiger partial charge is 0.000769 e. The molecule has 0 radical (unpaired) electrons. The Morgan fingerprint density at radius 3 is 2.16 bits per heavy atom. The molecule has 0 aromatic carbocycles. The maximum Gasteiger partial charge on any atom is 0.000769 e. The lowest BCUT2D eigenvalue weighted by atomic mass is 9.62. The number of nitrogens with one attached hydrogen (secondary N) is 1. The van der Waals surface area contributed by atoms with Crippen molar-refractivity contribution >= 4 is 0 Å². The Bertz CT molecular complexity index is 241. The van der Waals surface area contributed by atoms with Crippen molar-refractivity contribution in [1.29, 1.82) is 0 Å².